The van der Waals surface area contributed by atoms with Crippen molar-refractivity contribution in [3.63, 3.8) is 0 Å². The lowest BCUT2D eigenvalue weighted by Crippen LogP contribution is -2.08. The molecule has 1 aromatic carbocycles. The molecule has 0 fully saturated rings. The molecule has 0 saturated carbocycles. The first-order chi connectivity index (χ1) is 8.91. The van der Waals surface area contributed by atoms with Crippen LogP contribution in [0.15, 0.2) is 35.6 Å². The van der Waals surface area contributed by atoms with Crippen molar-refractivity contribution in [1.82, 2.24) is 0 Å². The second kappa shape index (κ2) is 4.52. The molecular formula is C12H9NO6. The summed E-state index contributed by atoms with van der Waals surface area (Å²) in [4.78, 5) is 32.6. The van der Waals surface area contributed by atoms with E-state index >= 15 is 0 Å². The van der Waals surface area contributed by atoms with Gasteiger partial charge >= 0.3 is 5.97 Å². The molecule has 1 unspecified atom stereocenters. The summed E-state index contributed by atoms with van der Waals surface area (Å²) in [7, 11) is 0. The summed E-state index contributed by atoms with van der Waals surface area (Å²) in [6.45, 7) is 1.20. The molecule has 1 aromatic rings. The Kier molecular flexibility index (Phi) is 3.04. The number of nitrogens with zero attached hydrogens (tertiary/aromatic N) is 1. The molecule has 0 spiro atoms. The Hall–Kier alpha value is -2.70. The third kappa shape index (κ3) is 2.17. The van der Waals surface area contributed by atoms with Crippen molar-refractivity contribution >= 4 is 17.4 Å². The van der Waals surface area contributed by atoms with Crippen LogP contribution in [-0.2, 0) is 14.3 Å². The minimum absolute atomic E-state index is 0.120. The number of esters is 1. The average Bonchev–Trinajstić information content (AvgIpc) is 2.66. The van der Waals surface area contributed by atoms with Crippen LogP contribution in [-0.4, -0.2) is 21.8 Å². The predicted molar refractivity (Wildman–Crippen MR) is 62.3 cm³/mol. The molecule has 1 N–H and O–H groups in total. The molecule has 1 atom stereocenters. The fraction of sp³-hybridized carbons (Fsp3) is 0.167. The second-order valence-electron chi connectivity index (χ2n) is 3.95. The van der Waals surface area contributed by atoms with E-state index in [2.05, 4.69) is 0 Å². The van der Waals surface area contributed by atoms with Crippen LogP contribution < -0.4 is 0 Å². The lowest BCUT2D eigenvalue weighted by atomic mass is 9.99. The van der Waals surface area contributed by atoms with E-state index in [0.717, 1.165) is 0 Å². The van der Waals surface area contributed by atoms with Gasteiger partial charge in [0.1, 0.15) is 0 Å². The summed E-state index contributed by atoms with van der Waals surface area (Å²) in [5, 5.41) is 20.0. The van der Waals surface area contributed by atoms with Gasteiger partial charge in [-0.25, -0.2) is 4.79 Å². The normalized spacial score (nSPS) is 18.4. The zero-order valence-electron chi connectivity index (χ0n) is 9.82. The van der Waals surface area contributed by atoms with Gasteiger partial charge in [-0.1, -0.05) is 0 Å². The van der Waals surface area contributed by atoms with Crippen LogP contribution in [0.25, 0.3) is 0 Å². The predicted octanol–water partition coefficient (Wildman–Crippen LogP) is 1.59. The van der Waals surface area contributed by atoms with E-state index in [-0.39, 0.29) is 11.3 Å². The molecule has 2 rings (SSSR count). The number of carbonyl (C=O) groups excluding carboxylic acids is 2. The maximum absolute atomic E-state index is 11.4. The van der Waals surface area contributed by atoms with Crippen LogP contribution in [0.1, 0.15) is 18.6 Å². The van der Waals surface area contributed by atoms with E-state index in [1.165, 1.54) is 31.2 Å². The molecule has 7 heteroatoms. The number of benzene rings is 1. The van der Waals surface area contributed by atoms with Crippen LogP contribution >= 0.6 is 0 Å². The largest absolute Gasteiger partial charge is 0.501 e. The van der Waals surface area contributed by atoms with Crippen molar-refractivity contribution in [2.75, 3.05) is 0 Å². The zero-order chi connectivity index (χ0) is 14.2. The van der Waals surface area contributed by atoms with Crippen molar-refractivity contribution in [1.29, 1.82) is 0 Å². The maximum Gasteiger partial charge on any atom is 0.374 e. The first-order valence-electron chi connectivity index (χ1n) is 5.31. The minimum atomic E-state index is -1.02. The molecule has 98 valence electrons. The van der Waals surface area contributed by atoms with Crippen LogP contribution in [0.3, 0.4) is 0 Å². The third-order valence-corrected chi connectivity index (χ3v) is 2.72. The van der Waals surface area contributed by atoms with Gasteiger partial charge in [0.2, 0.25) is 5.76 Å². The van der Waals surface area contributed by atoms with Gasteiger partial charge in [-0.15, -0.1) is 0 Å². The van der Waals surface area contributed by atoms with E-state index in [1.54, 1.807) is 0 Å². The fourth-order valence-corrected chi connectivity index (χ4v) is 1.81. The smallest absolute Gasteiger partial charge is 0.374 e. The van der Waals surface area contributed by atoms with E-state index < -0.39 is 28.5 Å². The van der Waals surface area contributed by atoms with E-state index in [9.17, 15) is 24.8 Å². The lowest BCUT2D eigenvalue weighted by Gasteiger charge is -2.11. The van der Waals surface area contributed by atoms with Crippen LogP contribution in [0.4, 0.5) is 5.69 Å². The highest BCUT2D eigenvalue weighted by atomic mass is 16.6. The molecule has 1 heterocycles. The van der Waals surface area contributed by atoms with Crippen LogP contribution in [0, 0.1) is 10.1 Å². The molecule has 1 aliphatic heterocycles. The lowest BCUT2D eigenvalue weighted by molar-refractivity contribution is -0.384. The van der Waals surface area contributed by atoms with E-state index in [1.807, 2.05) is 0 Å². The van der Waals surface area contributed by atoms with Crippen molar-refractivity contribution in [2.45, 2.75) is 13.0 Å². The third-order valence-electron chi connectivity index (χ3n) is 2.72. The number of nitro groups is 1. The van der Waals surface area contributed by atoms with Gasteiger partial charge in [0, 0.05) is 12.1 Å². The van der Waals surface area contributed by atoms with Crippen LogP contribution in [0.5, 0.6) is 0 Å². The summed E-state index contributed by atoms with van der Waals surface area (Å²) in [5.74, 6) is -2.18. The van der Waals surface area contributed by atoms with Gasteiger partial charge in [-0.3, -0.25) is 14.9 Å². The first kappa shape index (κ1) is 12.7. The van der Waals surface area contributed by atoms with Gasteiger partial charge in [0.05, 0.1) is 10.5 Å². The Balaban J connectivity index is 2.40. The molecular weight excluding hydrogens is 254 g/mol. The van der Waals surface area contributed by atoms with Crippen LogP contribution in [0.2, 0.25) is 0 Å². The minimum Gasteiger partial charge on any atom is -0.501 e. The number of hydrogen-bond acceptors (Lipinski definition) is 6. The Labute approximate surface area is 107 Å². The van der Waals surface area contributed by atoms with Gasteiger partial charge in [0.15, 0.2) is 11.9 Å². The summed E-state index contributed by atoms with van der Waals surface area (Å²) in [5.41, 5.74) is 0.123. The van der Waals surface area contributed by atoms with Crippen molar-refractivity contribution in [2.24, 2.45) is 0 Å². The number of hydrogen-bond donors (Lipinski definition) is 1. The number of nitro benzene ring substituents is 1. The number of ether oxygens (including phenoxy) is 1. The second-order valence-corrected chi connectivity index (χ2v) is 3.95. The van der Waals surface area contributed by atoms with Crippen molar-refractivity contribution in [3.05, 3.63) is 51.3 Å². The number of Topliss-reactive ketones (excluding diaryl/α,β-unsaturated/α-hetero) is 1. The van der Waals surface area contributed by atoms with E-state index in [4.69, 9.17) is 4.74 Å². The van der Waals surface area contributed by atoms with E-state index in [0.29, 0.717) is 5.56 Å². The summed E-state index contributed by atoms with van der Waals surface area (Å²) < 4.78 is 4.88. The molecule has 1 aliphatic rings. The summed E-state index contributed by atoms with van der Waals surface area (Å²) >= 11 is 0. The monoisotopic (exact) mass is 263 g/mol. The molecule has 7 nitrogen and oxygen atoms in total. The van der Waals surface area contributed by atoms with Crippen molar-refractivity contribution < 1.29 is 24.4 Å². The van der Waals surface area contributed by atoms with Gasteiger partial charge < -0.3 is 9.84 Å². The number of aliphatic hydroxyl groups excluding tert-OH is 1. The number of aliphatic hydroxyl groups is 1. The molecule has 19 heavy (non-hydrogen) atoms. The number of rotatable bonds is 3. The van der Waals surface area contributed by atoms with Gasteiger partial charge in [-0.2, -0.15) is 0 Å². The molecule has 0 aliphatic carbocycles. The molecule has 0 amide bonds. The Bertz CT molecular complexity index is 601. The van der Waals surface area contributed by atoms with Gasteiger partial charge in [0.25, 0.3) is 5.69 Å². The standard InChI is InChI=1S/C12H9NO6/c1-6(14)9-10(15)12(16)19-11(9)7-2-4-8(5-3-7)13(17)18/h2-5,11,15H,1H3. The Morgan fingerprint density at radius 1 is 1.37 bits per heavy atom. The first-order valence-corrected chi connectivity index (χ1v) is 5.31. The number of carbonyl (C=O) groups is 2. The Morgan fingerprint density at radius 2 is 1.95 bits per heavy atom. The molecule has 0 bridgehead atoms. The number of ketones is 1. The van der Waals surface area contributed by atoms with Crippen molar-refractivity contribution in [3.8, 4) is 0 Å². The molecule has 0 aromatic heterocycles. The Morgan fingerprint density at radius 3 is 2.42 bits per heavy atom. The highest BCUT2D eigenvalue weighted by molar-refractivity contribution is 6.05. The summed E-state index contributed by atoms with van der Waals surface area (Å²) in [6.07, 6.45) is -1.02. The maximum atomic E-state index is 11.4. The highest BCUT2D eigenvalue weighted by Gasteiger charge is 2.37. The number of non-ortho nitro benzene ring substituents is 1. The molecule has 0 radical (unpaired) electrons. The molecule has 0 saturated heterocycles. The quantitative estimate of drug-likeness (QED) is 0.504. The average molecular weight is 263 g/mol. The highest BCUT2D eigenvalue weighted by Crippen LogP contribution is 2.35. The topological polar surface area (TPSA) is 107 Å². The fourth-order valence-electron chi connectivity index (χ4n) is 1.81. The SMILES string of the molecule is CC(=O)C1=C(O)C(=O)OC1c1ccc([N+](=O)[O-])cc1. The zero-order valence-corrected chi connectivity index (χ0v) is 9.82. The van der Waals surface area contributed by atoms with Gasteiger partial charge in [-0.05, 0) is 24.6 Å². The number of cyclic esters (lactones) is 1. The summed E-state index contributed by atoms with van der Waals surface area (Å²) in [6, 6.07) is 5.21.